The molecule has 126 valence electrons. The molecule has 0 amide bonds. The van der Waals surface area contributed by atoms with Gasteiger partial charge in [0.25, 0.3) is 0 Å². The van der Waals surface area contributed by atoms with Crippen molar-refractivity contribution in [3.05, 3.63) is 61.3 Å². The maximum atomic E-state index is 5.22. The number of nitrogens with one attached hydrogen (secondary N) is 1. The van der Waals surface area contributed by atoms with Gasteiger partial charge in [-0.05, 0) is 36.4 Å². The number of nitrogens with zero attached hydrogens (tertiary/aromatic N) is 5. The summed E-state index contributed by atoms with van der Waals surface area (Å²) in [5.74, 6) is 1.53. The maximum absolute atomic E-state index is 5.22. The molecule has 4 heterocycles. The smallest absolute Gasteiger partial charge is 0.142 e. The zero-order valence-electron chi connectivity index (χ0n) is 13.9. The average Bonchev–Trinajstić information content (AvgIpc) is 3.09. The van der Waals surface area contributed by atoms with Crippen molar-refractivity contribution in [3.63, 3.8) is 0 Å². The predicted octanol–water partition coefficient (Wildman–Crippen LogP) is 3.58. The largest absolute Gasteiger partial charge is 0.497 e. The molecule has 1 aromatic carbocycles. The molecule has 1 N–H and O–H groups in total. The number of aromatic nitrogens is 5. The molecule has 26 heavy (non-hydrogen) atoms. The molecule has 0 spiro atoms. The van der Waals surface area contributed by atoms with Gasteiger partial charge >= 0.3 is 0 Å². The van der Waals surface area contributed by atoms with Crippen LogP contribution in [-0.4, -0.2) is 31.7 Å². The standard InChI is InChI=1S/C19H14N6O/c1-26-13-4-2-12(3-5-13)22-19-17-16-7-9-21-11-25(16)24-18(17)14-6-8-20-10-15(14)23-19/h2-11H,1H3,(H,22,23). The number of fused-ring (bicyclic) bond motifs is 5. The van der Waals surface area contributed by atoms with Gasteiger partial charge in [0.05, 0.1) is 29.7 Å². The highest BCUT2D eigenvalue weighted by molar-refractivity contribution is 6.14. The maximum Gasteiger partial charge on any atom is 0.142 e. The third kappa shape index (κ3) is 2.21. The van der Waals surface area contributed by atoms with Gasteiger partial charge in [-0.25, -0.2) is 14.5 Å². The molecule has 7 heteroatoms. The normalized spacial score (nSPS) is 11.3. The van der Waals surface area contributed by atoms with Gasteiger partial charge in [-0.15, -0.1) is 0 Å². The van der Waals surface area contributed by atoms with E-state index in [1.165, 1.54) is 0 Å². The molecular weight excluding hydrogens is 328 g/mol. The number of hydrogen-bond donors (Lipinski definition) is 1. The van der Waals surface area contributed by atoms with Crippen molar-refractivity contribution in [1.82, 2.24) is 24.6 Å². The second kappa shape index (κ2) is 5.66. The number of pyridine rings is 2. The van der Waals surface area contributed by atoms with E-state index in [9.17, 15) is 0 Å². The SMILES string of the molecule is COc1ccc(Nc2nc3cnccc3c3nn4cnccc4c23)cc1. The second-order valence-corrected chi connectivity index (χ2v) is 5.84. The molecular formula is C19H14N6O. The molecule has 0 aliphatic carbocycles. The Labute approximate surface area is 148 Å². The molecule has 0 fully saturated rings. The number of ether oxygens (including phenoxy) is 1. The van der Waals surface area contributed by atoms with Crippen LogP contribution in [0, 0.1) is 0 Å². The summed E-state index contributed by atoms with van der Waals surface area (Å²) in [7, 11) is 1.65. The molecule has 0 unspecified atom stereocenters. The van der Waals surface area contributed by atoms with Crippen LogP contribution in [0.5, 0.6) is 5.75 Å². The third-order valence-electron chi connectivity index (χ3n) is 4.32. The number of rotatable bonds is 3. The zero-order valence-corrected chi connectivity index (χ0v) is 13.9. The number of benzene rings is 1. The van der Waals surface area contributed by atoms with Gasteiger partial charge in [0.1, 0.15) is 23.4 Å². The highest BCUT2D eigenvalue weighted by Crippen LogP contribution is 2.33. The van der Waals surface area contributed by atoms with Gasteiger partial charge < -0.3 is 10.1 Å². The predicted molar refractivity (Wildman–Crippen MR) is 99.9 cm³/mol. The summed E-state index contributed by atoms with van der Waals surface area (Å²) < 4.78 is 6.99. The van der Waals surface area contributed by atoms with Crippen LogP contribution < -0.4 is 10.1 Å². The van der Waals surface area contributed by atoms with Crippen molar-refractivity contribution in [2.45, 2.75) is 0 Å². The van der Waals surface area contributed by atoms with Crippen molar-refractivity contribution in [3.8, 4) is 5.75 Å². The van der Waals surface area contributed by atoms with Crippen molar-refractivity contribution >= 4 is 38.8 Å². The Bertz CT molecular complexity index is 1250. The topological polar surface area (TPSA) is 77.2 Å². The van der Waals surface area contributed by atoms with Crippen LogP contribution in [0.3, 0.4) is 0 Å². The number of anilines is 2. The van der Waals surface area contributed by atoms with Crippen LogP contribution in [0.4, 0.5) is 11.5 Å². The Morgan fingerprint density at radius 2 is 1.85 bits per heavy atom. The summed E-state index contributed by atoms with van der Waals surface area (Å²) in [6.07, 6.45) is 6.95. The molecule has 5 rings (SSSR count). The van der Waals surface area contributed by atoms with E-state index in [-0.39, 0.29) is 0 Å². The summed E-state index contributed by atoms with van der Waals surface area (Å²) >= 11 is 0. The average molecular weight is 342 g/mol. The van der Waals surface area contributed by atoms with E-state index in [1.807, 2.05) is 36.4 Å². The molecule has 0 radical (unpaired) electrons. The summed E-state index contributed by atoms with van der Waals surface area (Å²) in [6, 6.07) is 11.6. The minimum absolute atomic E-state index is 0.729. The van der Waals surface area contributed by atoms with Crippen LogP contribution >= 0.6 is 0 Å². The molecule has 0 bridgehead atoms. The lowest BCUT2D eigenvalue weighted by molar-refractivity contribution is 0.415. The Morgan fingerprint density at radius 1 is 1.00 bits per heavy atom. The van der Waals surface area contributed by atoms with Crippen molar-refractivity contribution in [2.75, 3.05) is 12.4 Å². The van der Waals surface area contributed by atoms with Gasteiger partial charge in [0, 0.05) is 23.5 Å². The van der Waals surface area contributed by atoms with E-state index >= 15 is 0 Å². The highest BCUT2D eigenvalue weighted by Gasteiger charge is 2.15. The monoisotopic (exact) mass is 342 g/mol. The van der Waals surface area contributed by atoms with Gasteiger partial charge in [0.15, 0.2) is 0 Å². The number of methoxy groups -OCH3 is 1. The van der Waals surface area contributed by atoms with Gasteiger partial charge in [-0.1, -0.05) is 0 Å². The molecule has 0 aliphatic rings. The first kappa shape index (κ1) is 14.6. The van der Waals surface area contributed by atoms with E-state index in [2.05, 4.69) is 15.3 Å². The lowest BCUT2D eigenvalue weighted by Crippen LogP contribution is -1.96. The summed E-state index contributed by atoms with van der Waals surface area (Å²) in [5.41, 5.74) is 3.50. The molecule has 0 saturated heterocycles. The molecule has 7 nitrogen and oxygen atoms in total. The van der Waals surface area contributed by atoms with Crippen molar-refractivity contribution in [2.24, 2.45) is 0 Å². The quantitative estimate of drug-likeness (QED) is 0.540. The molecule has 0 saturated carbocycles. The van der Waals surface area contributed by atoms with Gasteiger partial charge in [0.2, 0.25) is 0 Å². The molecule has 0 aliphatic heterocycles. The molecule has 4 aromatic heterocycles. The minimum Gasteiger partial charge on any atom is -0.497 e. The summed E-state index contributed by atoms with van der Waals surface area (Å²) in [5, 5.41) is 10.0. The summed E-state index contributed by atoms with van der Waals surface area (Å²) in [6.45, 7) is 0. The molecule has 0 atom stereocenters. The van der Waals surface area contributed by atoms with Crippen LogP contribution in [-0.2, 0) is 0 Å². The fraction of sp³-hybridized carbons (Fsp3) is 0.0526. The van der Waals surface area contributed by atoms with E-state index in [0.29, 0.717) is 0 Å². The van der Waals surface area contributed by atoms with Crippen LogP contribution in [0.15, 0.2) is 61.3 Å². The first-order valence-corrected chi connectivity index (χ1v) is 8.10. The number of hydrogen-bond acceptors (Lipinski definition) is 6. The summed E-state index contributed by atoms with van der Waals surface area (Å²) in [4.78, 5) is 13.1. The van der Waals surface area contributed by atoms with E-state index in [4.69, 9.17) is 14.8 Å². The van der Waals surface area contributed by atoms with Crippen molar-refractivity contribution in [1.29, 1.82) is 0 Å². The third-order valence-corrected chi connectivity index (χ3v) is 4.32. The van der Waals surface area contributed by atoms with Gasteiger partial charge in [-0.3, -0.25) is 4.98 Å². The second-order valence-electron chi connectivity index (χ2n) is 5.84. The van der Waals surface area contributed by atoms with Crippen LogP contribution in [0.1, 0.15) is 0 Å². The van der Waals surface area contributed by atoms with E-state index < -0.39 is 0 Å². The van der Waals surface area contributed by atoms with Crippen LogP contribution in [0.2, 0.25) is 0 Å². The Kier molecular flexibility index (Phi) is 3.18. The molecule has 5 aromatic rings. The first-order valence-electron chi connectivity index (χ1n) is 8.10. The van der Waals surface area contributed by atoms with E-state index in [0.717, 1.165) is 44.6 Å². The van der Waals surface area contributed by atoms with Crippen LogP contribution in [0.25, 0.3) is 27.3 Å². The Balaban J connectivity index is 1.78. The fourth-order valence-corrected chi connectivity index (χ4v) is 3.09. The lowest BCUT2D eigenvalue weighted by Gasteiger charge is -2.09. The first-order chi connectivity index (χ1) is 12.8. The zero-order chi connectivity index (χ0) is 17.5. The van der Waals surface area contributed by atoms with Crippen molar-refractivity contribution < 1.29 is 4.74 Å². The lowest BCUT2D eigenvalue weighted by atomic mass is 10.1. The highest BCUT2D eigenvalue weighted by atomic mass is 16.5. The van der Waals surface area contributed by atoms with E-state index in [1.54, 1.807) is 36.5 Å². The Morgan fingerprint density at radius 3 is 2.69 bits per heavy atom. The fourth-order valence-electron chi connectivity index (χ4n) is 3.09. The Hall–Kier alpha value is -3.74. The van der Waals surface area contributed by atoms with Gasteiger partial charge in [-0.2, -0.15) is 5.10 Å². The minimum atomic E-state index is 0.729.